The highest BCUT2D eigenvalue weighted by Crippen LogP contribution is 2.40. The van der Waals surface area contributed by atoms with Crippen LogP contribution in [-0.2, 0) is 4.74 Å². The van der Waals surface area contributed by atoms with Gasteiger partial charge in [-0.1, -0.05) is 27.5 Å². The molecule has 0 radical (unpaired) electrons. The smallest absolute Gasteiger partial charge is 0.138 e. The zero-order valence-electron chi connectivity index (χ0n) is 11.8. The molecule has 1 heterocycles. The van der Waals surface area contributed by atoms with E-state index in [0.717, 1.165) is 29.3 Å². The molecular weight excluding hydrogens is 360 g/mol. The van der Waals surface area contributed by atoms with E-state index in [0.29, 0.717) is 30.5 Å². The molecule has 1 aliphatic heterocycles. The van der Waals surface area contributed by atoms with Crippen LogP contribution in [0.3, 0.4) is 0 Å². The predicted molar refractivity (Wildman–Crippen MR) is 85.6 cm³/mol. The molecule has 2 rings (SSSR count). The molecule has 116 valence electrons. The minimum atomic E-state index is -0.0181. The van der Waals surface area contributed by atoms with Crippen LogP contribution in [0.2, 0.25) is 5.02 Å². The van der Waals surface area contributed by atoms with Crippen LogP contribution in [0.1, 0.15) is 30.9 Å². The number of hydrogen-bond donors (Lipinski definition) is 0. The number of benzene rings is 1. The average molecular weight is 378 g/mol. The van der Waals surface area contributed by atoms with E-state index in [1.165, 1.54) is 0 Å². The van der Waals surface area contributed by atoms with Gasteiger partial charge in [0.25, 0.3) is 0 Å². The standard InChI is InChI=1S/C14H18BrClN2O3/c1-20-6-3-7-21-14-8-10(11(15)9-12(14)16)13-4-2-5-18(13)17-19/h8-9,13H,2-7H2,1H3. The molecule has 1 aromatic rings. The molecule has 0 saturated carbocycles. The van der Waals surface area contributed by atoms with Crippen molar-refractivity contribution in [2.45, 2.75) is 25.3 Å². The summed E-state index contributed by atoms with van der Waals surface area (Å²) in [4.78, 5) is 10.9. The Kier molecular flexibility index (Phi) is 6.26. The number of hydrogen-bond acceptors (Lipinski definition) is 4. The Bertz CT molecular complexity index is 501. The van der Waals surface area contributed by atoms with Crippen molar-refractivity contribution in [1.82, 2.24) is 5.01 Å². The maximum absolute atomic E-state index is 10.9. The van der Waals surface area contributed by atoms with Gasteiger partial charge in [-0.2, -0.15) is 0 Å². The van der Waals surface area contributed by atoms with E-state index >= 15 is 0 Å². The van der Waals surface area contributed by atoms with E-state index in [1.807, 2.05) is 12.1 Å². The summed E-state index contributed by atoms with van der Waals surface area (Å²) < 4.78 is 11.6. The second-order valence-electron chi connectivity index (χ2n) is 4.90. The van der Waals surface area contributed by atoms with Crippen LogP contribution in [0, 0.1) is 4.91 Å². The van der Waals surface area contributed by atoms with Gasteiger partial charge in [-0.3, -0.25) is 5.01 Å². The summed E-state index contributed by atoms with van der Waals surface area (Å²) in [6, 6.07) is 3.69. The number of nitrogens with zero attached hydrogens (tertiary/aromatic N) is 2. The molecule has 21 heavy (non-hydrogen) atoms. The summed E-state index contributed by atoms with van der Waals surface area (Å²) in [7, 11) is 1.66. The second-order valence-corrected chi connectivity index (χ2v) is 6.16. The van der Waals surface area contributed by atoms with Crippen molar-refractivity contribution in [3.05, 3.63) is 32.1 Å². The van der Waals surface area contributed by atoms with Crippen LogP contribution in [0.25, 0.3) is 0 Å². The van der Waals surface area contributed by atoms with Crippen molar-refractivity contribution in [3.8, 4) is 5.75 Å². The number of halogens is 2. The van der Waals surface area contributed by atoms with Crippen LogP contribution in [-0.4, -0.2) is 31.9 Å². The third-order valence-corrected chi connectivity index (χ3v) is 4.47. The van der Waals surface area contributed by atoms with Crippen molar-refractivity contribution in [3.63, 3.8) is 0 Å². The van der Waals surface area contributed by atoms with Gasteiger partial charge in [-0.25, -0.2) is 0 Å². The molecule has 5 nitrogen and oxygen atoms in total. The molecule has 0 spiro atoms. The van der Waals surface area contributed by atoms with Gasteiger partial charge in [0.2, 0.25) is 0 Å². The summed E-state index contributed by atoms with van der Waals surface area (Å²) in [6.07, 6.45) is 2.65. The molecule has 0 bridgehead atoms. The van der Waals surface area contributed by atoms with Gasteiger partial charge in [0.1, 0.15) is 5.75 Å². The van der Waals surface area contributed by atoms with E-state index in [4.69, 9.17) is 21.1 Å². The van der Waals surface area contributed by atoms with E-state index in [-0.39, 0.29) is 6.04 Å². The summed E-state index contributed by atoms with van der Waals surface area (Å²) >= 11 is 9.72. The Morgan fingerprint density at radius 2 is 2.29 bits per heavy atom. The fourth-order valence-corrected chi connectivity index (χ4v) is 3.42. The molecule has 1 aromatic carbocycles. The molecule has 1 fully saturated rings. The lowest BCUT2D eigenvalue weighted by atomic mass is 10.0. The molecule has 0 aromatic heterocycles. The first kappa shape index (κ1) is 16.5. The van der Waals surface area contributed by atoms with Crippen LogP contribution in [0.15, 0.2) is 21.9 Å². The average Bonchev–Trinajstić information content (AvgIpc) is 2.93. The second kappa shape index (κ2) is 7.96. The number of rotatable bonds is 7. The SMILES string of the molecule is COCCCOc1cc(C2CCCN2N=O)c(Br)cc1Cl. The Hall–Kier alpha value is -0.850. The van der Waals surface area contributed by atoms with Crippen LogP contribution < -0.4 is 4.74 Å². The van der Waals surface area contributed by atoms with Crippen LogP contribution in [0.5, 0.6) is 5.75 Å². The van der Waals surface area contributed by atoms with Crippen molar-refractivity contribution >= 4 is 27.5 Å². The van der Waals surface area contributed by atoms with Gasteiger partial charge in [0, 0.05) is 31.2 Å². The lowest BCUT2D eigenvalue weighted by molar-refractivity contribution is 0.172. The molecule has 1 atom stereocenters. The largest absolute Gasteiger partial charge is 0.492 e. The Labute approximate surface area is 137 Å². The number of ether oxygens (including phenoxy) is 2. The highest BCUT2D eigenvalue weighted by atomic mass is 79.9. The number of methoxy groups -OCH3 is 1. The molecule has 1 saturated heterocycles. The van der Waals surface area contributed by atoms with Crippen molar-refractivity contribution in [1.29, 1.82) is 0 Å². The summed E-state index contributed by atoms with van der Waals surface area (Å²) in [5.74, 6) is 0.628. The van der Waals surface area contributed by atoms with Gasteiger partial charge in [0.05, 0.1) is 23.0 Å². The first-order valence-electron chi connectivity index (χ1n) is 6.88. The highest BCUT2D eigenvalue weighted by Gasteiger charge is 2.28. The van der Waals surface area contributed by atoms with Crippen molar-refractivity contribution in [2.24, 2.45) is 5.29 Å². The maximum atomic E-state index is 10.9. The zero-order chi connectivity index (χ0) is 15.2. The lowest BCUT2D eigenvalue weighted by Crippen LogP contribution is -2.16. The van der Waals surface area contributed by atoms with Crippen molar-refractivity contribution < 1.29 is 9.47 Å². The summed E-state index contributed by atoms with van der Waals surface area (Å²) in [6.45, 7) is 1.87. The van der Waals surface area contributed by atoms with E-state index in [9.17, 15) is 4.91 Å². The van der Waals surface area contributed by atoms with Crippen molar-refractivity contribution in [2.75, 3.05) is 26.9 Å². The van der Waals surface area contributed by atoms with Gasteiger partial charge >= 0.3 is 0 Å². The fourth-order valence-electron chi connectivity index (χ4n) is 2.46. The minimum Gasteiger partial charge on any atom is -0.492 e. The van der Waals surface area contributed by atoms with E-state index in [1.54, 1.807) is 12.1 Å². The normalized spacial score (nSPS) is 18.0. The fraction of sp³-hybridized carbons (Fsp3) is 0.571. The Balaban J connectivity index is 2.15. The molecule has 0 amide bonds. The van der Waals surface area contributed by atoms with Crippen LogP contribution >= 0.6 is 27.5 Å². The first-order chi connectivity index (χ1) is 10.2. The third kappa shape index (κ3) is 4.08. The molecule has 1 aliphatic rings. The van der Waals surface area contributed by atoms with E-state index < -0.39 is 0 Å². The lowest BCUT2D eigenvalue weighted by Gasteiger charge is -2.21. The number of nitroso groups, excluding NO2 is 1. The van der Waals surface area contributed by atoms with E-state index in [2.05, 4.69) is 21.2 Å². The summed E-state index contributed by atoms with van der Waals surface area (Å²) in [5, 5.41) is 5.22. The predicted octanol–water partition coefficient (Wildman–Crippen LogP) is 4.34. The molecule has 7 heteroatoms. The quantitative estimate of drug-likeness (QED) is 0.524. The highest BCUT2D eigenvalue weighted by molar-refractivity contribution is 9.10. The molecular formula is C14H18BrClN2O3. The Morgan fingerprint density at radius 3 is 3.00 bits per heavy atom. The van der Waals surface area contributed by atoms with Gasteiger partial charge < -0.3 is 9.47 Å². The van der Waals surface area contributed by atoms with Gasteiger partial charge in [-0.05, 0) is 30.5 Å². The topological polar surface area (TPSA) is 51.1 Å². The Morgan fingerprint density at radius 1 is 1.48 bits per heavy atom. The van der Waals surface area contributed by atoms with Gasteiger partial charge in [-0.15, -0.1) is 4.91 Å². The maximum Gasteiger partial charge on any atom is 0.138 e. The molecule has 0 aliphatic carbocycles. The monoisotopic (exact) mass is 376 g/mol. The first-order valence-corrected chi connectivity index (χ1v) is 8.05. The van der Waals surface area contributed by atoms with Gasteiger partial charge in [0.15, 0.2) is 0 Å². The third-order valence-electron chi connectivity index (χ3n) is 3.49. The molecule has 0 N–H and O–H groups in total. The zero-order valence-corrected chi connectivity index (χ0v) is 14.2. The molecule has 1 unspecified atom stereocenters. The minimum absolute atomic E-state index is 0.0181. The summed E-state index contributed by atoms with van der Waals surface area (Å²) in [5.41, 5.74) is 0.984. The van der Waals surface area contributed by atoms with Crippen LogP contribution in [0.4, 0.5) is 0 Å².